The van der Waals surface area contributed by atoms with Crippen molar-refractivity contribution in [3.8, 4) is 0 Å². The monoisotopic (exact) mass is 247 g/mol. The van der Waals surface area contributed by atoms with Crippen LogP contribution >= 0.6 is 0 Å². The van der Waals surface area contributed by atoms with Crippen molar-refractivity contribution in [2.75, 3.05) is 31.1 Å². The van der Waals surface area contributed by atoms with Crippen LogP contribution in [0.2, 0.25) is 0 Å². The van der Waals surface area contributed by atoms with Gasteiger partial charge in [-0.25, -0.2) is 0 Å². The van der Waals surface area contributed by atoms with Gasteiger partial charge in [-0.15, -0.1) is 0 Å². The first-order valence-corrected chi connectivity index (χ1v) is 6.52. The average Bonchev–Trinajstić information content (AvgIpc) is 2.39. The molecule has 1 unspecified atom stereocenters. The number of rotatable bonds is 4. The number of carbonyl (C=O) groups is 1. The van der Waals surface area contributed by atoms with Crippen molar-refractivity contribution in [2.24, 2.45) is 5.73 Å². The molecule has 18 heavy (non-hydrogen) atoms. The van der Waals surface area contributed by atoms with Gasteiger partial charge in [0.2, 0.25) is 5.91 Å². The Morgan fingerprint density at radius 1 is 1.39 bits per heavy atom. The summed E-state index contributed by atoms with van der Waals surface area (Å²) in [6, 6.07) is 8.48. The van der Waals surface area contributed by atoms with Gasteiger partial charge in [0.05, 0.1) is 6.54 Å². The average molecular weight is 247 g/mol. The van der Waals surface area contributed by atoms with Crippen LogP contribution in [0.1, 0.15) is 24.8 Å². The molecule has 3 N–H and O–H groups in total. The fraction of sp³-hybridized carbons (Fsp3) is 0.500. The molecule has 1 heterocycles. The molecule has 0 bridgehead atoms. The van der Waals surface area contributed by atoms with E-state index in [9.17, 15) is 4.79 Å². The third-order valence-corrected chi connectivity index (χ3v) is 3.47. The lowest BCUT2D eigenvalue weighted by atomic mass is 9.97. The van der Waals surface area contributed by atoms with Gasteiger partial charge in [0.15, 0.2) is 0 Å². The molecule has 98 valence electrons. The number of amides is 1. The molecular weight excluding hydrogens is 226 g/mol. The van der Waals surface area contributed by atoms with Crippen LogP contribution in [0, 0.1) is 0 Å². The molecule has 0 aliphatic carbocycles. The standard InChI is InChI=1S/C14H21N3O/c1-11(6-7-15)12-2-4-13(5-3-12)17-9-8-16-14(18)10-17/h2-5,11H,6-10,15H2,1H3,(H,16,18). The number of piperazine rings is 1. The Labute approximate surface area is 108 Å². The van der Waals surface area contributed by atoms with Crippen LogP contribution in [-0.2, 0) is 4.79 Å². The highest BCUT2D eigenvalue weighted by Gasteiger charge is 2.16. The lowest BCUT2D eigenvalue weighted by molar-refractivity contribution is -0.120. The summed E-state index contributed by atoms with van der Waals surface area (Å²) < 4.78 is 0. The molecule has 0 radical (unpaired) electrons. The molecule has 4 heteroatoms. The second-order valence-electron chi connectivity index (χ2n) is 4.84. The van der Waals surface area contributed by atoms with E-state index >= 15 is 0 Å². The third kappa shape index (κ3) is 3.01. The summed E-state index contributed by atoms with van der Waals surface area (Å²) in [6.45, 7) is 4.97. The van der Waals surface area contributed by atoms with Gasteiger partial charge >= 0.3 is 0 Å². The summed E-state index contributed by atoms with van der Waals surface area (Å²) in [5.41, 5.74) is 8.01. The van der Waals surface area contributed by atoms with Gasteiger partial charge in [-0.3, -0.25) is 4.79 Å². The zero-order valence-corrected chi connectivity index (χ0v) is 10.9. The third-order valence-electron chi connectivity index (χ3n) is 3.47. The lowest BCUT2D eigenvalue weighted by Crippen LogP contribution is -2.47. The van der Waals surface area contributed by atoms with Gasteiger partial charge in [0, 0.05) is 18.8 Å². The first kappa shape index (κ1) is 12.9. The SMILES string of the molecule is CC(CCN)c1ccc(N2CCNC(=O)C2)cc1. The molecule has 0 aromatic heterocycles. The van der Waals surface area contributed by atoms with E-state index in [2.05, 4.69) is 41.4 Å². The largest absolute Gasteiger partial charge is 0.360 e. The minimum absolute atomic E-state index is 0.0989. The van der Waals surface area contributed by atoms with Crippen molar-refractivity contribution >= 4 is 11.6 Å². The van der Waals surface area contributed by atoms with Crippen molar-refractivity contribution in [1.29, 1.82) is 0 Å². The van der Waals surface area contributed by atoms with E-state index < -0.39 is 0 Å². The zero-order chi connectivity index (χ0) is 13.0. The van der Waals surface area contributed by atoms with Crippen molar-refractivity contribution in [2.45, 2.75) is 19.3 Å². The van der Waals surface area contributed by atoms with Crippen molar-refractivity contribution in [1.82, 2.24) is 5.32 Å². The zero-order valence-electron chi connectivity index (χ0n) is 10.9. The number of nitrogens with zero attached hydrogens (tertiary/aromatic N) is 1. The van der Waals surface area contributed by atoms with Gasteiger partial charge < -0.3 is 16.0 Å². The number of nitrogens with two attached hydrogens (primary N) is 1. The maximum atomic E-state index is 11.3. The second-order valence-corrected chi connectivity index (χ2v) is 4.84. The van der Waals surface area contributed by atoms with E-state index in [0.29, 0.717) is 12.5 Å². The predicted molar refractivity (Wildman–Crippen MR) is 73.8 cm³/mol. The first-order chi connectivity index (χ1) is 8.70. The van der Waals surface area contributed by atoms with Crippen molar-refractivity contribution in [3.05, 3.63) is 29.8 Å². The quantitative estimate of drug-likeness (QED) is 0.837. The molecule has 1 amide bonds. The van der Waals surface area contributed by atoms with E-state index in [-0.39, 0.29) is 5.91 Å². The Balaban J connectivity index is 2.04. The van der Waals surface area contributed by atoms with Crippen LogP contribution in [0.25, 0.3) is 0 Å². The number of nitrogens with one attached hydrogen (secondary N) is 1. The fourth-order valence-corrected chi connectivity index (χ4v) is 2.29. The Bertz CT molecular complexity index is 402. The molecule has 1 aliphatic heterocycles. The molecule has 1 fully saturated rings. The van der Waals surface area contributed by atoms with Crippen LogP contribution in [0.4, 0.5) is 5.69 Å². The molecule has 0 spiro atoms. The minimum atomic E-state index is 0.0989. The molecule has 1 saturated heterocycles. The van der Waals surface area contributed by atoms with E-state index in [0.717, 1.165) is 31.7 Å². The van der Waals surface area contributed by atoms with E-state index in [1.165, 1.54) is 5.56 Å². The van der Waals surface area contributed by atoms with Crippen LogP contribution < -0.4 is 16.0 Å². The normalized spacial score (nSPS) is 17.4. The van der Waals surface area contributed by atoms with Crippen LogP contribution in [0.5, 0.6) is 0 Å². The molecule has 4 nitrogen and oxygen atoms in total. The van der Waals surface area contributed by atoms with Crippen LogP contribution in [0.3, 0.4) is 0 Å². The van der Waals surface area contributed by atoms with E-state index in [4.69, 9.17) is 5.73 Å². The molecular formula is C14H21N3O. The summed E-state index contributed by atoms with van der Waals surface area (Å²) in [6.07, 6.45) is 1.01. The highest BCUT2D eigenvalue weighted by molar-refractivity contribution is 5.82. The van der Waals surface area contributed by atoms with Crippen LogP contribution in [-0.4, -0.2) is 32.1 Å². The number of hydrogen-bond acceptors (Lipinski definition) is 3. The topological polar surface area (TPSA) is 58.4 Å². The molecule has 2 rings (SSSR count). The lowest BCUT2D eigenvalue weighted by Gasteiger charge is -2.28. The number of benzene rings is 1. The Hall–Kier alpha value is -1.55. The summed E-state index contributed by atoms with van der Waals surface area (Å²) in [5, 5.41) is 2.83. The molecule has 1 atom stereocenters. The second kappa shape index (κ2) is 5.87. The van der Waals surface area contributed by atoms with E-state index in [1.807, 2.05) is 0 Å². The van der Waals surface area contributed by atoms with E-state index in [1.54, 1.807) is 0 Å². The smallest absolute Gasteiger partial charge is 0.239 e. The maximum absolute atomic E-state index is 11.3. The minimum Gasteiger partial charge on any atom is -0.360 e. The summed E-state index contributed by atoms with van der Waals surface area (Å²) in [7, 11) is 0. The summed E-state index contributed by atoms with van der Waals surface area (Å²) in [5.74, 6) is 0.593. The Morgan fingerprint density at radius 3 is 2.72 bits per heavy atom. The van der Waals surface area contributed by atoms with Gasteiger partial charge in [-0.1, -0.05) is 19.1 Å². The maximum Gasteiger partial charge on any atom is 0.239 e. The van der Waals surface area contributed by atoms with Crippen LogP contribution in [0.15, 0.2) is 24.3 Å². The van der Waals surface area contributed by atoms with Gasteiger partial charge in [-0.2, -0.15) is 0 Å². The van der Waals surface area contributed by atoms with Gasteiger partial charge in [0.1, 0.15) is 0 Å². The summed E-state index contributed by atoms with van der Waals surface area (Å²) >= 11 is 0. The van der Waals surface area contributed by atoms with Crippen molar-refractivity contribution < 1.29 is 4.79 Å². The fourth-order valence-electron chi connectivity index (χ4n) is 2.29. The number of hydrogen-bond donors (Lipinski definition) is 2. The Kier molecular flexibility index (Phi) is 4.20. The van der Waals surface area contributed by atoms with Gasteiger partial charge in [0.25, 0.3) is 0 Å². The molecule has 1 aromatic carbocycles. The molecule has 1 aromatic rings. The molecule has 1 aliphatic rings. The van der Waals surface area contributed by atoms with Crippen molar-refractivity contribution in [3.63, 3.8) is 0 Å². The highest BCUT2D eigenvalue weighted by atomic mass is 16.2. The predicted octanol–water partition coefficient (Wildman–Crippen LogP) is 1.08. The first-order valence-electron chi connectivity index (χ1n) is 6.52. The van der Waals surface area contributed by atoms with Gasteiger partial charge in [-0.05, 0) is 36.6 Å². The highest BCUT2D eigenvalue weighted by Crippen LogP contribution is 2.22. The Morgan fingerprint density at radius 2 is 2.11 bits per heavy atom. The number of anilines is 1. The molecule has 0 saturated carbocycles. The number of carbonyl (C=O) groups excluding carboxylic acids is 1. The summed E-state index contributed by atoms with van der Waals surface area (Å²) in [4.78, 5) is 13.4.